The summed E-state index contributed by atoms with van der Waals surface area (Å²) < 4.78 is 5.43. The van der Waals surface area contributed by atoms with Crippen LogP contribution in [0.4, 0.5) is 0 Å². The monoisotopic (exact) mass is 257 g/mol. The number of aromatic nitrogens is 1. The highest BCUT2D eigenvalue weighted by Gasteiger charge is 2.17. The van der Waals surface area contributed by atoms with Crippen molar-refractivity contribution >= 4 is 16.9 Å². The number of carbonyl (C=O) groups is 1. The number of fused-ring (bicyclic) bond motifs is 1. The Morgan fingerprint density at radius 3 is 2.79 bits per heavy atom. The van der Waals surface area contributed by atoms with Crippen molar-refractivity contribution in [2.24, 2.45) is 5.92 Å². The fourth-order valence-corrected chi connectivity index (χ4v) is 2.81. The lowest BCUT2D eigenvalue weighted by Gasteiger charge is -2.20. The van der Waals surface area contributed by atoms with Crippen LogP contribution in [0.1, 0.15) is 42.6 Å². The quantitative estimate of drug-likeness (QED) is 0.847. The molecule has 0 unspecified atom stereocenters. The summed E-state index contributed by atoms with van der Waals surface area (Å²) in [5, 5.41) is 1.05. The Labute approximate surface area is 113 Å². The fraction of sp³-hybridized carbons (Fsp3) is 0.438. The van der Waals surface area contributed by atoms with Crippen molar-refractivity contribution in [2.45, 2.75) is 32.1 Å². The molecule has 3 rings (SSSR count). The van der Waals surface area contributed by atoms with Gasteiger partial charge in [-0.1, -0.05) is 37.5 Å². The van der Waals surface area contributed by atoms with Crippen molar-refractivity contribution in [1.29, 1.82) is 0 Å². The summed E-state index contributed by atoms with van der Waals surface area (Å²) in [4.78, 5) is 15.1. The molecule has 0 aliphatic heterocycles. The molecule has 0 spiro atoms. The van der Waals surface area contributed by atoms with Gasteiger partial charge in [0.25, 0.3) is 0 Å². The van der Waals surface area contributed by atoms with Crippen LogP contribution in [0.15, 0.2) is 30.3 Å². The average Bonchev–Trinajstić information content (AvgIpc) is 2.90. The van der Waals surface area contributed by atoms with Gasteiger partial charge in [-0.25, -0.2) is 4.79 Å². The minimum atomic E-state index is -0.234. The summed E-state index contributed by atoms with van der Waals surface area (Å²) in [6, 6.07) is 9.73. The van der Waals surface area contributed by atoms with Gasteiger partial charge in [-0.2, -0.15) is 0 Å². The zero-order valence-electron chi connectivity index (χ0n) is 11.0. The zero-order valence-corrected chi connectivity index (χ0v) is 11.0. The van der Waals surface area contributed by atoms with Crippen LogP contribution in [0, 0.1) is 5.92 Å². The molecule has 0 amide bonds. The molecule has 1 aliphatic rings. The van der Waals surface area contributed by atoms with Crippen LogP contribution in [0.3, 0.4) is 0 Å². The lowest BCUT2D eigenvalue weighted by Crippen LogP contribution is -2.16. The molecule has 1 aromatic carbocycles. The van der Waals surface area contributed by atoms with E-state index < -0.39 is 0 Å². The Bertz CT molecular complexity index is 534. The van der Waals surface area contributed by atoms with E-state index in [1.165, 1.54) is 32.1 Å². The standard InChI is InChI=1S/C16H19NO2/c18-16(19-11-12-6-2-1-3-7-12)15-10-13-8-4-5-9-14(13)17-15/h4-5,8-10,12,17H,1-3,6-7,11H2. The second-order valence-electron chi connectivity index (χ2n) is 5.37. The lowest BCUT2D eigenvalue weighted by atomic mass is 9.90. The Kier molecular flexibility index (Phi) is 3.53. The highest BCUT2D eigenvalue weighted by molar-refractivity contribution is 5.94. The molecule has 1 N–H and O–H groups in total. The van der Waals surface area contributed by atoms with E-state index in [9.17, 15) is 4.79 Å². The molecule has 1 aliphatic carbocycles. The van der Waals surface area contributed by atoms with Gasteiger partial charge in [0.2, 0.25) is 0 Å². The van der Waals surface area contributed by atoms with Crippen molar-refractivity contribution in [3.8, 4) is 0 Å². The molecular weight excluding hydrogens is 238 g/mol. The molecule has 1 saturated carbocycles. The molecule has 0 radical (unpaired) electrons. The molecule has 1 fully saturated rings. The van der Waals surface area contributed by atoms with Crippen molar-refractivity contribution < 1.29 is 9.53 Å². The number of hydrogen-bond donors (Lipinski definition) is 1. The first-order valence-electron chi connectivity index (χ1n) is 7.08. The van der Waals surface area contributed by atoms with Gasteiger partial charge in [0.05, 0.1) is 6.61 Å². The summed E-state index contributed by atoms with van der Waals surface area (Å²) in [5.74, 6) is 0.323. The van der Waals surface area contributed by atoms with E-state index in [2.05, 4.69) is 4.98 Å². The fourth-order valence-electron chi connectivity index (χ4n) is 2.81. The molecule has 0 atom stereocenters. The number of carbonyl (C=O) groups excluding carboxylic acids is 1. The summed E-state index contributed by atoms with van der Waals surface area (Å²) in [7, 11) is 0. The van der Waals surface area contributed by atoms with Gasteiger partial charge in [-0.05, 0) is 30.9 Å². The number of nitrogens with one attached hydrogen (secondary N) is 1. The third-order valence-electron chi connectivity index (χ3n) is 3.92. The first-order chi connectivity index (χ1) is 9.33. The van der Waals surface area contributed by atoms with Gasteiger partial charge in [0.1, 0.15) is 5.69 Å². The first kappa shape index (κ1) is 12.3. The highest BCUT2D eigenvalue weighted by Crippen LogP contribution is 2.24. The zero-order chi connectivity index (χ0) is 13.1. The third-order valence-corrected chi connectivity index (χ3v) is 3.92. The van der Waals surface area contributed by atoms with Gasteiger partial charge in [-0.3, -0.25) is 0 Å². The number of H-pyrrole nitrogens is 1. The minimum Gasteiger partial charge on any atom is -0.461 e. The van der Waals surface area contributed by atoms with E-state index in [1.807, 2.05) is 30.3 Å². The predicted octanol–water partition coefficient (Wildman–Crippen LogP) is 3.91. The van der Waals surface area contributed by atoms with Crippen LogP contribution in [0.2, 0.25) is 0 Å². The lowest BCUT2D eigenvalue weighted by molar-refractivity contribution is 0.0404. The number of rotatable bonds is 3. The van der Waals surface area contributed by atoms with E-state index >= 15 is 0 Å². The van der Waals surface area contributed by atoms with Gasteiger partial charge in [-0.15, -0.1) is 0 Å². The third kappa shape index (κ3) is 2.80. The normalized spacial score (nSPS) is 16.6. The number of benzene rings is 1. The summed E-state index contributed by atoms with van der Waals surface area (Å²) in [6.07, 6.45) is 6.26. The van der Waals surface area contributed by atoms with Crippen molar-refractivity contribution in [3.05, 3.63) is 36.0 Å². The van der Waals surface area contributed by atoms with Crippen LogP contribution in [-0.4, -0.2) is 17.6 Å². The van der Waals surface area contributed by atoms with Gasteiger partial charge in [0, 0.05) is 10.9 Å². The van der Waals surface area contributed by atoms with E-state index in [0.717, 1.165) is 10.9 Å². The molecular formula is C16H19NO2. The molecule has 1 heterocycles. The molecule has 19 heavy (non-hydrogen) atoms. The Morgan fingerprint density at radius 1 is 1.21 bits per heavy atom. The maximum absolute atomic E-state index is 12.0. The SMILES string of the molecule is O=C(OCC1CCCCC1)c1cc2ccccc2[nH]1. The van der Waals surface area contributed by atoms with Crippen LogP contribution in [0.5, 0.6) is 0 Å². The number of ether oxygens (including phenoxy) is 1. The van der Waals surface area contributed by atoms with Gasteiger partial charge >= 0.3 is 5.97 Å². The molecule has 100 valence electrons. The smallest absolute Gasteiger partial charge is 0.354 e. The molecule has 1 aromatic heterocycles. The van der Waals surface area contributed by atoms with E-state index in [0.29, 0.717) is 18.2 Å². The topological polar surface area (TPSA) is 42.1 Å². The van der Waals surface area contributed by atoms with Crippen LogP contribution >= 0.6 is 0 Å². The Balaban J connectivity index is 1.63. The first-order valence-corrected chi connectivity index (χ1v) is 7.08. The number of para-hydroxylation sites is 1. The predicted molar refractivity (Wildman–Crippen MR) is 75.2 cm³/mol. The number of esters is 1. The Morgan fingerprint density at radius 2 is 2.00 bits per heavy atom. The van der Waals surface area contributed by atoms with Crippen molar-refractivity contribution in [1.82, 2.24) is 4.98 Å². The summed E-state index contributed by atoms with van der Waals surface area (Å²) in [6.45, 7) is 0.564. The number of aromatic amines is 1. The van der Waals surface area contributed by atoms with Crippen LogP contribution in [-0.2, 0) is 4.74 Å². The van der Waals surface area contributed by atoms with Crippen LogP contribution < -0.4 is 0 Å². The molecule has 0 saturated heterocycles. The van der Waals surface area contributed by atoms with Crippen LogP contribution in [0.25, 0.3) is 10.9 Å². The van der Waals surface area contributed by atoms with E-state index in [4.69, 9.17) is 4.74 Å². The van der Waals surface area contributed by atoms with E-state index in [1.54, 1.807) is 0 Å². The van der Waals surface area contributed by atoms with Crippen molar-refractivity contribution in [2.75, 3.05) is 6.61 Å². The maximum atomic E-state index is 12.0. The largest absolute Gasteiger partial charge is 0.461 e. The van der Waals surface area contributed by atoms with Gasteiger partial charge in [0.15, 0.2) is 0 Å². The summed E-state index contributed by atoms with van der Waals surface area (Å²) in [5.41, 5.74) is 1.53. The minimum absolute atomic E-state index is 0.234. The summed E-state index contributed by atoms with van der Waals surface area (Å²) >= 11 is 0. The second-order valence-corrected chi connectivity index (χ2v) is 5.37. The molecule has 3 nitrogen and oxygen atoms in total. The average molecular weight is 257 g/mol. The Hall–Kier alpha value is -1.77. The second kappa shape index (κ2) is 5.47. The highest BCUT2D eigenvalue weighted by atomic mass is 16.5. The molecule has 3 heteroatoms. The molecule has 0 bridgehead atoms. The molecule has 2 aromatic rings. The number of hydrogen-bond acceptors (Lipinski definition) is 2. The maximum Gasteiger partial charge on any atom is 0.354 e. The van der Waals surface area contributed by atoms with E-state index in [-0.39, 0.29) is 5.97 Å². The van der Waals surface area contributed by atoms with Crippen molar-refractivity contribution in [3.63, 3.8) is 0 Å². The van der Waals surface area contributed by atoms with Gasteiger partial charge < -0.3 is 9.72 Å².